The first-order valence-corrected chi connectivity index (χ1v) is 6.60. The van der Waals surface area contributed by atoms with Crippen molar-refractivity contribution in [3.05, 3.63) is 35.9 Å². The predicted molar refractivity (Wildman–Crippen MR) is 72.1 cm³/mol. The first-order chi connectivity index (χ1) is 7.74. The maximum Gasteiger partial charge on any atom is 0.0263 e. The number of aryl methyl sites for hydroxylation is 1. The molecule has 0 saturated carbocycles. The zero-order valence-corrected chi connectivity index (χ0v) is 11.0. The molecule has 1 aromatic rings. The monoisotopic (exact) mass is 239 g/mol. The molecule has 1 rings (SSSR count). The van der Waals surface area contributed by atoms with Gasteiger partial charge < -0.3 is 5.32 Å². The van der Waals surface area contributed by atoms with Crippen LogP contribution >= 0.6 is 11.6 Å². The Balaban J connectivity index is 2.13. The standard InChI is InChI=1S/C14H22ClN/c1-12(11-15)13(2)16-10-6-9-14-7-4-3-5-8-14/h3-5,7-8,12-13,16H,6,9-11H2,1-2H3. The summed E-state index contributed by atoms with van der Waals surface area (Å²) < 4.78 is 0. The molecule has 2 atom stereocenters. The molecule has 0 aromatic heterocycles. The van der Waals surface area contributed by atoms with E-state index in [1.165, 1.54) is 12.0 Å². The number of halogens is 1. The quantitative estimate of drug-likeness (QED) is 0.568. The fourth-order valence-corrected chi connectivity index (χ4v) is 1.87. The van der Waals surface area contributed by atoms with Crippen LogP contribution in [0.4, 0.5) is 0 Å². The van der Waals surface area contributed by atoms with Crippen molar-refractivity contribution in [3.8, 4) is 0 Å². The molecule has 0 heterocycles. The molecule has 90 valence electrons. The van der Waals surface area contributed by atoms with Crippen molar-refractivity contribution in [1.82, 2.24) is 5.32 Å². The van der Waals surface area contributed by atoms with Crippen LogP contribution in [-0.4, -0.2) is 18.5 Å². The maximum absolute atomic E-state index is 5.82. The molecular weight excluding hydrogens is 218 g/mol. The number of hydrogen-bond acceptors (Lipinski definition) is 1. The molecule has 2 unspecified atom stereocenters. The summed E-state index contributed by atoms with van der Waals surface area (Å²) in [5.74, 6) is 1.27. The Kier molecular flexibility index (Phi) is 6.51. The zero-order chi connectivity index (χ0) is 11.8. The highest BCUT2D eigenvalue weighted by Crippen LogP contribution is 2.05. The van der Waals surface area contributed by atoms with Gasteiger partial charge in [0.15, 0.2) is 0 Å². The Morgan fingerprint density at radius 1 is 1.19 bits per heavy atom. The summed E-state index contributed by atoms with van der Waals surface area (Å²) in [6, 6.07) is 11.1. The SMILES string of the molecule is CC(CCl)C(C)NCCCc1ccccc1. The molecule has 0 amide bonds. The largest absolute Gasteiger partial charge is 0.314 e. The molecule has 1 N–H and O–H groups in total. The minimum atomic E-state index is 0.508. The molecule has 0 aliphatic carbocycles. The number of hydrogen-bond donors (Lipinski definition) is 1. The van der Waals surface area contributed by atoms with Crippen LogP contribution < -0.4 is 5.32 Å². The first kappa shape index (κ1) is 13.5. The third-order valence-corrected chi connectivity index (χ3v) is 3.54. The highest BCUT2D eigenvalue weighted by atomic mass is 35.5. The third kappa shape index (κ3) is 5.00. The van der Waals surface area contributed by atoms with Crippen LogP contribution in [0.1, 0.15) is 25.8 Å². The van der Waals surface area contributed by atoms with E-state index in [4.69, 9.17) is 11.6 Å². The lowest BCUT2D eigenvalue weighted by atomic mass is 10.1. The Morgan fingerprint density at radius 3 is 2.50 bits per heavy atom. The second-order valence-electron chi connectivity index (χ2n) is 4.46. The fourth-order valence-electron chi connectivity index (χ4n) is 1.60. The van der Waals surface area contributed by atoms with Crippen LogP contribution in [0.2, 0.25) is 0 Å². The molecule has 0 aliphatic rings. The van der Waals surface area contributed by atoms with Gasteiger partial charge in [0, 0.05) is 11.9 Å². The molecule has 1 nitrogen and oxygen atoms in total. The summed E-state index contributed by atoms with van der Waals surface area (Å²) >= 11 is 5.82. The van der Waals surface area contributed by atoms with E-state index in [1.54, 1.807) is 0 Å². The van der Waals surface area contributed by atoms with Gasteiger partial charge >= 0.3 is 0 Å². The number of nitrogens with one attached hydrogen (secondary N) is 1. The summed E-state index contributed by atoms with van der Waals surface area (Å²) in [5.41, 5.74) is 1.42. The van der Waals surface area contributed by atoms with Gasteiger partial charge in [-0.3, -0.25) is 0 Å². The highest BCUT2D eigenvalue weighted by molar-refractivity contribution is 6.18. The van der Waals surface area contributed by atoms with Crippen molar-refractivity contribution in [1.29, 1.82) is 0 Å². The molecule has 0 bridgehead atoms. The number of rotatable bonds is 7. The Morgan fingerprint density at radius 2 is 1.88 bits per heavy atom. The smallest absolute Gasteiger partial charge is 0.0263 e. The van der Waals surface area contributed by atoms with Crippen LogP contribution in [0.25, 0.3) is 0 Å². The van der Waals surface area contributed by atoms with E-state index in [0.717, 1.165) is 18.8 Å². The summed E-state index contributed by atoms with van der Waals surface area (Å²) in [5, 5.41) is 3.52. The van der Waals surface area contributed by atoms with E-state index >= 15 is 0 Å². The van der Waals surface area contributed by atoms with Crippen molar-refractivity contribution in [3.63, 3.8) is 0 Å². The van der Waals surface area contributed by atoms with Crippen LogP contribution in [-0.2, 0) is 6.42 Å². The van der Waals surface area contributed by atoms with Crippen molar-refractivity contribution < 1.29 is 0 Å². The van der Waals surface area contributed by atoms with Crippen LogP contribution in [0.5, 0.6) is 0 Å². The van der Waals surface area contributed by atoms with Gasteiger partial charge in [-0.05, 0) is 37.8 Å². The maximum atomic E-state index is 5.82. The lowest BCUT2D eigenvalue weighted by Gasteiger charge is -2.18. The van der Waals surface area contributed by atoms with Crippen LogP contribution in [0, 0.1) is 5.92 Å². The average Bonchev–Trinajstić information content (AvgIpc) is 2.34. The molecule has 0 fully saturated rings. The minimum Gasteiger partial charge on any atom is -0.314 e. The number of alkyl halides is 1. The zero-order valence-electron chi connectivity index (χ0n) is 10.2. The highest BCUT2D eigenvalue weighted by Gasteiger charge is 2.09. The van der Waals surface area contributed by atoms with Crippen molar-refractivity contribution in [2.45, 2.75) is 32.7 Å². The van der Waals surface area contributed by atoms with Crippen LogP contribution in [0.15, 0.2) is 30.3 Å². The Bertz CT molecular complexity index is 273. The second-order valence-corrected chi connectivity index (χ2v) is 4.77. The third-order valence-electron chi connectivity index (χ3n) is 3.05. The van der Waals surface area contributed by atoms with E-state index in [2.05, 4.69) is 49.5 Å². The molecule has 0 radical (unpaired) electrons. The van der Waals surface area contributed by atoms with Gasteiger partial charge in [-0.15, -0.1) is 11.6 Å². The van der Waals surface area contributed by atoms with Crippen molar-refractivity contribution in [2.24, 2.45) is 5.92 Å². The summed E-state index contributed by atoms with van der Waals surface area (Å²) in [6.07, 6.45) is 2.33. The fraction of sp³-hybridized carbons (Fsp3) is 0.571. The summed E-state index contributed by atoms with van der Waals surface area (Å²) in [4.78, 5) is 0. The number of benzene rings is 1. The molecule has 0 aliphatic heterocycles. The molecule has 0 saturated heterocycles. The van der Waals surface area contributed by atoms with E-state index in [9.17, 15) is 0 Å². The molecule has 2 heteroatoms. The lowest BCUT2D eigenvalue weighted by molar-refractivity contribution is 0.428. The van der Waals surface area contributed by atoms with Gasteiger partial charge in [0.25, 0.3) is 0 Å². The van der Waals surface area contributed by atoms with E-state index in [1.807, 2.05) is 0 Å². The Hall–Kier alpha value is -0.530. The predicted octanol–water partition coefficient (Wildman–Crippen LogP) is 3.47. The first-order valence-electron chi connectivity index (χ1n) is 6.07. The minimum absolute atomic E-state index is 0.508. The molecular formula is C14H22ClN. The van der Waals surface area contributed by atoms with Gasteiger partial charge in [-0.25, -0.2) is 0 Å². The summed E-state index contributed by atoms with van der Waals surface area (Å²) in [6.45, 7) is 5.45. The molecule has 0 spiro atoms. The normalized spacial score (nSPS) is 14.7. The van der Waals surface area contributed by atoms with E-state index < -0.39 is 0 Å². The topological polar surface area (TPSA) is 12.0 Å². The van der Waals surface area contributed by atoms with Gasteiger partial charge in [0.1, 0.15) is 0 Å². The van der Waals surface area contributed by atoms with E-state index in [-0.39, 0.29) is 0 Å². The molecule has 1 aromatic carbocycles. The lowest BCUT2D eigenvalue weighted by Crippen LogP contribution is -2.33. The van der Waals surface area contributed by atoms with Crippen LogP contribution in [0.3, 0.4) is 0 Å². The van der Waals surface area contributed by atoms with Gasteiger partial charge in [-0.2, -0.15) is 0 Å². The Labute approximate surface area is 104 Å². The molecule has 16 heavy (non-hydrogen) atoms. The second kappa shape index (κ2) is 7.70. The van der Waals surface area contributed by atoms with Gasteiger partial charge in [0.05, 0.1) is 0 Å². The van der Waals surface area contributed by atoms with Crippen molar-refractivity contribution >= 4 is 11.6 Å². The van der Waals surface area contributed by atoms with Gasteiger partial charge in [-0.1, -0.05) is 37.3 Å². The average molecular weight is 240 g/mol. The summed E-state index contributed by atoms with van der Waals surface area (Å²) in [7, 11) is 0. The van der Waals surface area contributed by atoms with Gasteiger partial charge in [0.2, 0.25) is 0 Å². The van der Waals surface area contributed by atoms with Crippen molar-refractivity contribution in [2.75, 3.05) is 12.4 Å². The van der Waals surface area contributed by atoms with E-state index in [0.29, 0.717) is 12.0 Å².